The molecular weight excluding hydrogens is 214 g/mol. The van der Waals surface area contributed by atoms with Gasteiger partial charge in [0.2, 0.25) is 5.91 Å². The molecule has 1 heterocycles. The van der Waals surface area contributed by atoms with Crippen LogP contribution in [0, 0.1) is 0 Å². The van der Waals surface area contributed by atoms with Crippen LogP contribution in [0.3, 0.4) is 0 Å². The third kappa shape index (κ3) is 3.22. The molecule has 6 nitrogen and oxygen atoms in total. The first-order valence-electron chi connectivity index (χ1n) is 5.26. The van der Waals surface area contributed by atoms with E-state index in [9.17, 15) is 14.4 Å². The van der Waals surface area contributed by atoms with E-state index < -0.39 is 18.0 Å². The van der Waals surface area contributed by atoms with Crippen LogP contribution >= 0.6 is 0 Å². The zero-order valence-corrected chi connectivity index (χ0v) is 8.89. The average Bonchev–Trinajstić information content (AvgIpc) is 2.20. The van der Waals surface area contributed by atoms with Crippen LogP contribution in [0.5, 0.6) is 0 Å². The van der Waals surface area contributed by atoms with Crippen molar-refractivity contribution < 1.29 is 24.6 Å². The lowest BCUT2D eigenvalue weighted by atomic mass is 10.0. The highest BCUT2D eigenvalue weighted by molar-refractivity contribution is 5.84. The fourth-order valence-electron chi connectivity index (χ4n) is 1.83. The Kier molecular flexibility index (Phi) is 4.28. The quantitative estimate of drug-likeness (QED) is 0.707. The average molecular weight is 229 g/mol. The molecule has 0 aromatic carbocycles. The minimum absolute atomic E-state index is 0.0313. The number of hydrogen-bond donors (Lipinski definition) is 2. The van der Waals surface area contributed by atoms with Crippen molar-refractivity contribution in [2.45, 2.75) is 38.1 Å². The van der Waals surface area contributed by atoms with E-state index in [1.165, 1.54) is 4.90 Å². The molecule has 2 N–H and O–H groups in total. The smallest absolute Gasteiger partial charge is 0.326 e. The van der Waals surface area contributed by atoms with Gasteiger partial charge >= 0.3 is 11.9 Å². The van der Waals surface area contributed by atoms with Crippen molar-refractivity contribution in [1.29, 1.82) is 0 Å². The van der Waals surface area contributed by atoms with E-state index in [4.69, 9.17) is 10.2 Å². The summed E-state index contributed by atoms with van der Waals surface area (Å²) in [7, 11) is 0. The first-order chi connectivity index (χ1) is 7.52. The van der Waals surface area contributed by atoms with E-state index in [0.29, 0.717) is 13.0 Å². The molecule has 0 saturated carbocycles. The van der Waals surface area contributed by atoms with Gasteiger partial charge in [0.25, 0.3) is 0 Å². The molecule has 1 amide bonds. The maximum atomic E-state index is 11.5. The van der Waals surface area contributed by atoms with Gasteiger partial charge in [-0.25, -0.2) is 4.79 Å². The third-order valence-corrected chi connectivity index (χ3v) is 2.65. The van der Waals surface area contributed by atoms with Crippen LogP contribution in [0.25, 0.3) is 0 Å². The fraction of sp³-hybridized carbons (Fsp3) is 0.700. The third-order valence-electron chi connectivity index (χ3n) is 2.65. The van der Waals surface area contributed by atoms with Crippen molar-refractivity contribution in [2.75, 3.05) is 6.54 Å². The molecular formula is C10H15NO5. The molecule has 1 fully saturated rings. The molecule has 1 aliphatic rings. The number of nitrogens with zero attached hydrogens (tertiary/aromatic N) is 1. The Morgan fingerprint density at radius 3 is 2.50 bits per heavy atom. The maximum Gasteiger partial charge on any atom is 0.326 e. The molecule has 6 heteroatoms. The van der Waals surface area contributed by atoms with E-state index in [1.807, 2.05) is 0 Å². The monoisotopic (exact) mass is 229 g/mol. The van der Waals surface area contributed by atoms with Crippen molar-refractivity contribution >= 4 is 17.8 Å². The summed E-state index contributed by atoms with van der Waals surface area (Å²) in [5.74, 6) is -2.36. The van der Waals surface area contributed by atoms with Crippen LogP contribution in [0.1, 0.15) is 32.1 Å². The van der Waals surface area contributed by atoms with Crippen LogP contribution in [-0.2, 0) is 14.4 Å². The summed E-state index contributed by atoms with van der Waals surface area (Å²) in [6.45, 7) is 0.412. The van der Waals surface area contributed by atoms with Crippen LogP contribution in [0.15, 0.2) is 0 Å². The minimum atomic E-state index is -1.13. The number of carboxylic acid groups (broad SMARTS) is 2. The summed E-state index contributed by atoms with van der Waals surface area (Å²) >= 11 is 0. The van der Waals surface area contributed by atoms with Crippen LogP contribution in [-0.4, -0.2) is 45.5 Å². The standard InChI is InChI=1S/C10H15NO5/c12-8-3-1-2-6-11(8)7(10(15)16)4-5-9(13)14/h7H,1-6H2,(H,13,14)(H,15,16). The molecule has 0 aliphatic carbocycles. The van der Waals surface area contributed by atoms with Crippen LogP contribution in [0.2, 0.25) is 0 Å². The number of rotatable bonds is 5. The summed E-state index contributed by atoms with van der Waals surface area (Å²) < 4.78 is 0. The molecule has 1 atom stereocenters. The molecule has 1 saturated heterocycles. The van der Waals surface area contributed by atoms with Crippen molar-refractivity contribution in [3.63, 3.8) is 0 Å². The lowest BCUT2D eigenvalue weighted by Gasteiger charge is -2.31. The zero-order valence-electron chi connectivity index (χ0n) is 8.89. The topological polar surface area (TPSA) is 94.9 Å². The van der Waals surface area contributed by atoms with E-state index in [1.54, 1.807) is 0 Å². The number of piperidine rings is 1. The van der Waals surface area contributed by atoms with Crippen molar-refractivity contribution in [2.24, 2.45) is 0 Å². The largest absolute Gasteiger partial charge is 0.481 e. The summed E-state index contributed by atoms with van der Waals surface area (Å²) in [4.78, 5) is 34.2. The van der Waals surface area contributed by atoms with Gasteiger partial charge in [-0.15, -0.1) is 0 Å². The van der Waals surface area contributed by atoms with Gasteiger partial charge in [-0.1, -0.05) is 0 Å². The van der Waals surface area contributed by atoms with Gasteiger partial charge in [-0.05, 0) is 19.3 Å². The number of hydrogen-bond acceptors (Lipinski definition) is 3. The Morgan fingerprint density at radius 2 is 2.00 bits per heavy atom. The molecule has 1 unspecified atom stereocenters. The highest BCUT2D eigenvalue weighted by atomic mass is 16.4. The molecule has 1 rings (SSSR count). The molecule has 1 aliphatic heterocycles. The normalized spacial score (nSPS) is 18.2. The Balaban J connectivity index is 2.64. The fourth-order valence-corrected chi connectivity index (χ4v) is 1.83. The van der Waals surface area contributed by atoms with Crippen LogP contribution < -0.4 is 0 Å². The molecule has 90 valence electrons. The number of amides is 1. The van der Waals surface area contributed by atoms with Gasteiger partial charge in [0.15, 0.2) is 0 Å². The minimum Gasteiger partial charge on any atom is -0.481 e. The Hall–Kier alpha value is -1.59. The van der Waals surface area contributed by atoms with Gasteiger partial charge in [0.1, 0.15) is 6.04 Å². The summed E-state index contributed by atoms with van der Waals surface area (Å²) in [6, 6.07) is -0.996. The number of carbonyl (C=O) groups is 3. The number of likely N-dealkylation sites (tertiary alicyclic amines) is 1. The highest BCUT2D eigenvalue weighted by Crippen LogP contribution is 2.17. The molecule has 0 radical (unpaired) electrons. The van der Waals surface area contributed by atoms with E-state index in [0.717, 1.165) is 12.8 Å². The van der Waals surface area contributed by atoms with Gasteiger partial charge in [-0.2, -0.15) is 0 Å². The first kappa shape index (κ1) is 12.5. The first-order valence-corrected chi connectivity index (χ1v) is 5.26. The van der Waals surface area contributed by atoms with E-state index in [2.05, 4.69) is 0 Å². The lowest BCUT2D eigenvalue weighted by Crippen LogP contribution is -2.47. The SMILES string of the molecule is O=C(O)CCC(C(=O)O)N1CCCCC1=O. The van der Waals surface area contributed by atoms with Gasteiger partial charge in [0.05, 0.1) is 0 Å². The van der Waals surface area contributed by atoms with Crippen LogP contribution in [0.4, 0.5) is 0 Å². The Morgan fingerprint density at radius 1 is 1.31 bits per heavy atom. The van der Waals surface area contributed by atoms with E-state index >= 15 is 0 Å². The predicted octanol–water partition coefficient (Wildman–Crippen LogP) is 0.317. The second-order valence-corrected chi connectivity index (χ2v) is 3.83. The highest BCUT2D eigenvalue weighted by Gasteiger charge is 2.31. The number of carbonyl (C=O) groups excluding carboxylic acids is 1. The zero-order chi connectivity index (χ0) is 12.1. The lowest BCUT2D eigenvalue weighted by molar-refractivity contribution is -0.152. The maximum absolute atomic E-state index is 11.5. The number of carboxylic acids is 2. The Bertz CT molecular complexity index is 302. The van der Waals surface area contributed by atoms with Crippen molar-refractivity contribution in [1.82, 2.24) is 4.90 Å². The predicted molar refractivity (Wildman–Crippen MR) is 53.9 cm³/mol. The molecule has 0 bridgehead atoms. The molecule has 16 heavy (non-hydrogen) atoms. The summed E-state index contributed by atoms with van der Waals surface area (Å²) in [6.07, 6.45) is 1.65. The van der Waals surface area contributed by atoms with E-state index in [-0.39, 0.29) is 18.7 Å². The van der Waals surface area contributed by atoms with Crippen molar-refractivity contribution in [3.8, 4) is 0 Å². The van der Waals surface area contributed by atoms with Crippen molar-refractivity contribution in [3.05, 3.63) is 0 Å². The van der Waals surface area contributed by atoms with Gasteiger partial charge in [-0.3, -0.25) is 9.59 Å². The molecule has 0 aromatic heterocycles. The van der Waals surface area contributed by atoms with Gasteiger partial charge < -0.3 is 15.1 Å². The Labute approximate surface area is 92.9 Å². The number of aliphatic carboxylic acids is 2. The molecule has 0 spiro atoms. The second-order valence-electron chi connectivity index (χ2n) is 3.83. The summed E-state index contributed by atoms with van der Waals surface area (Å²) in [5, 5.41) is 17.5. The molecule has 0 aromatic rings. The van der Waals surface area contributed by atoms with Gasteiger partial charge in [0, 0.05) is 19.4 Å². The second kappa shape index (κ2) is 5.48. The summed E-state index contributed by atoms with van der Waals surface area (Å²) in [5.41, 5.74) is 0.